The zero-order valence-electron chi connectivity index (χ0n) is 9.63. The average Bonchev–Trinajstić information content (AvgIpc) is 2.80. The summed E-state index contributed by atoms with van der Waals surface area (Å²) in [7, 11) is 1.83. The molecular formula is C13H13ClFNO. The fourth-order valence-corrected chi connectivity index (χ4v) is 2.10. The van der Waals surface area contributed by atoms with Crippen molar-refractivity contribution in [3.63, 3.8) is 0 Å². The molecule has 0 saturated carbocycles. The number of benzene rings is 1. The number of halogens is 2. The molecule has 2 rings (SSSR count). The second kappa shape index (κ2) is 4.90. The molecule has 1 aromatic heterocycles. The molecule has 0 saturated heterocycles. The lowest BCUT2D eigenvalue weighted by molar-refractivity contribution is 0.557. The van der Waals surface area contributed by atoms with E-state index in [1.165, 1.54) is 6.07 Å². The number of rotatable bonds is 3. The Hall–Kier alpha value is -1.32. The Morgan fingerprint density at radius 3 is 2.76 bits per heavy atom. The highest BCUT2D eigenvalue weighted by Crippen LogP contribution is 2.30. The topological polar surface area (TPSA) is 25.2 Å². The predicted molar refractivity (Wildman–Crippen MR) is 65.8 cm³/mol. The van der Waals surface area contributed by atoms with Gasteiger partial charge >= 0.3 is 0 Å². The van der Waals surface area contributed by atoms with Crippen LogP contribution in [0.2, 0.25) is 5.02 Å². The Bertz CT molecular complexity index is 510. The van der Waals surface area contributed by atoms with Gasteiger partial charge in [-0.3, -0.25) is 0 Å². The molecule has 0 amide bonds. The van der Waals surface area contributed by atoms with E-state index in [-0.39, 0.29) is 11.9 Å². The summed E-state index contributed by atoms with van der Waals surface area (Å²) in [5.41, 5.74) is 2.38. The zero-order valence-corrected chi connectivity index (χ0v) is 10.4. The molecule has 1 aromatic carbocycles. The Kier molecular flexibility index (Phi) is 3.50. The van der Waals surface area contributed by atoms with Gasteiger partial charge in [0.25, 0.3) is 0 Å². The van der Waals surface area contributed by atoms with Gasteiger partial charge in [0.15, 0.2) is 0 Å². The summed E-state index contributed by atoms with van der Waals surface area (Å²) in [6.45, 7) is 1.72. The summed E-state index contributed by atoms with van der Waals surface area (Å²) < 4.78 is 18.4. The van der Waals surface area contributed by atoms with Crippen molar-refractivity contribution in [3.05, 3.63) is 58.3 Å². The third-order valence-corrected chi connectivity index (χ3v) is 3.08. The zero-order chi connectivity index (χ0) is 12.4. The highest BCUT2D eigenvalue weighted by Gasteiger charge is 2.17. The minimum absolute atomic E-state index is 0.0967. The lowest BCUT2D eigenvalue weighted by Gasteiger charge is -2.17. The Morgan fingerprint density at radius 2 is 2.18 bits per heavy atom. The molecule has 0 fully saturated rings. The van der Waals surface area contributed by atoms with Crippen molar-refractivity contribution < 1.29 is 8.81 Å². The van der Waals surface area contributed by atoms with Gasteiger partial charge in [0.1, 0.15) is 5.82 Å². The molecule has 1 N–H and O–H groups in total. The Labute approximate surface area is 104 Å². The first-order chi connectivity index (χ1) is 8.13. The first kappa shape index (κ1) is 12.1. The third kappa shape index (κ3) is 2.35. The molecule has 0 bridgehead atoms. The van der Waals surface area contributed by atoms with E-state index in [1.54, 1.807) is 25.5 Å². The van der Waals surface area contributed by atoms with Crippen LogP contribution in [0.15, 0.2) is 35.1 Å². The normalized spacial score (nSPS) is 12.7. The maximum atomic E-state index is 13.3. The maximum absolute atomic E-state index is 13.3. The summed E-state index contributed by atoms with van der Waals surface area (Å²) in [6.07, 6.45) is 3.25. The van der Waals surface area contributed by atoms with Gasteiger partial charge in [0.2, 0.25) is 0 Å². The van der Waals surface area contributed by atoms with Crippen molar-refractivity contribution in [1.29, 1.82) is 0 Å². The molecule has 0 radical (unpaired) electrons. The number of aryl methyl sites for hydroxylation is 1. The van der Waals surface area contributed by atoms with Gasteiger partial charge in [-0.25, -0.2) is 4.39 Å². The van der Waals surface area contributed by atoms with Gasteiger partial charge in [-0.15, -0.1) is 0 Å². The van der Waals surface area contributed by atoms with Crippen molar-refractivity contribution in [2.75, 3.05) is 7.05 Å². The van der Waals surface area contributed by atoms with Crippen LogP contribution in [-0.4, -0.2) is 7.05 Å². The molecule has 2 nitrogen and oxygen atoms in total. The van der Waals surface area contributed by atoms with Crippen LogP contribution in [0.4, 0.5) is 4.39 Å². The summed E-state index contributed by atoms with van der Waals surface area (Å²) >= 11 is 6.08. The first-order valence-corrected chi connectivity index (χ1v) is 5.66. The van der Waals surface area contributed by atoms with E-state index in [1.807, 2.05) is 13.1 Å². The molecule has 4 heteroatoms. The van der Waals surface area contributed by atoms with E-state index in [4.69, 9.17) is 16.0 Å². The van der Waals surface area contributed by atoms with Crippen LogP contribution in [0.25, 0.3) is 0 Å². The monoisotopic (exact) mass is 253 g/mol. The number of hydrogen-bond donors (Lipinski definition) is 1. The minimum Gasteiger partial charge on any atom is -0.472 e. The largest absolute Gasteiger partial charge is 0.472 e. The highest BCUT2D eigenvalue weighted by atomic mass is 35.5. The molecule has 1 atom stereocenters. The molecule has 1 unspecified atom stereocenters. The van der Waals surface area contributed by atoms with E-state index in [9.17, 15) is 4.39 Å². The van der Waals surface area contributed by atoms with Crippen LogP contribution in [0.5, 0.6) is 0 Å². The molecule has 0 aliphatic heterocycles. The second-order valence-electron chi connectivity index (χ2n) is 3.90. The summed E-state index contributed by atoms with van der Waals surface area (Å²) in [4.78, 5) is 0. The van der Waals surface area contributed by atoms with Gasteiger partial charge in [0, 0.05) is 10.6 Å². The van der Waals surface area contributed by atoms with Crippen LogP contribution in [0.1, 0.15) is 22.7 Å². The predicted octanol–water partition coefficient (Wildman–Crippen LogP) is 3.69. The fraction of sp³-hybridized carbons (Fsp3) is 0.231. The van der Waals surface area contributed by atoms with Gasteiger partial charge in [-0.1, -0.05) is 11.6 Å². The maximum Gasteiger partial charge on any atom is 0.127 e. The van der Waals surface area contributed by atoms with Crippen molar-refractivity contribution >= 4 is 11.6 Å². The van der Waals surface area contributed by atoms with Crippen molar-refractivity contribution in [2.45, 2.75) is 13.0 Å². The molecule has 0 aliphatic rings. The molecule has 2 aromatic rings. The van der Waals surface area contributed by atoms with E-state index < -0.39 is 0 Å². The van der Waals surface area contributed by atoms with Crippen LogP contribution in [-0.2, 0) is 0 Å². The molecule has 0 aliphatic carbocycles. The van der Waals surface area contributed by atoms with Gasteiger partial charge < -0.3 is 9.73 Å². The molecular weight excluding hydrogens is 241 g/mol. The first-order valence-electron chi connectivity index (χ1n) is 5.28. The van der Waals surface area contributed by atoms with Gasteiger partial charge in [-0.2, -0.15) is 0 Å². The Morgan fingerprint density at radius 1 is 1.41 bits per heavy atom. The smallest absolute Gasteiger partial charge is 0.127 e. The van der Waals surface area contributed by atoms with Crippen molar-refractivity contribution in [2.24, 2.45) is 0 Å². The standard InChI is InChI=1S/C13H13ClFNO/c1-8-5-10(11(14)6-12(8)15)13(16-2)9-3-4-17-7-9/h3-7,13,16H,1-2H3. The van der Waals surface area contributed by atoms with Gasteiger partial charge in [0.05, 0.1) is 18.6 Å². The van der Waals surface area contributed by atoms with Crippen LogP contribution < -0.4 is 5.32 Å². The average molecular weight is 254 g/mol. The van der Waals surface area contributed by atoms with Crippen molar-refractivity contribution in [1.82, 2.24) is 5.32 Å². The quantitative estimate of drug-likeness (QED) is 0.903. The van der Waals surface area contributed by atoms with Crippen molar-refractivity contribution in [3.8, 4) is 0 Å². The number of furan rings is 1. The fourth-order valence-electron chi connectivity index (χ4n) is 1.84. The summed E-state index contributed by atoms with van der Waals surface area (Å²) in [5, 5.41) is 3.55. The van der Waals surface area contributed by atoms with Crippen LogP contribution in [0.3, 0.4) is 0 Å². The van der Waals surface area contributed by atoms with E-state index in [0.717, 1.165) is 11.1 Å². The van der Waals surface area contributed by atoms with Crippen LogP contribution in [0, 0.1) is 12.7 Å². The van der Waals surface area contributed by atoms with Crippen LogP contribution >= 0.6 is 11.6 Å². The van der Waals surface area contributed by atoms with E-state index >= 15 is 0 Å². The highest BCUT2D eigenvalue weighted by molar-refractivity contribution is 6.31. The van der Waals surface area contributed by atoms with Gasteiger partial charge in [-0.05, 0) is 43.3 Å². The van der Waals surface area contributed by atoms with E-state index in [2.05, 4.69) is 5.32 Å². The molecule has 17 heavy (non-hydrogen) atoms. The minimum atomic E-state index is -0.291. The molecule has 1 heterocycles. The number of nitrogens with one attached hydrogen (secondary N) is 1. The van der Waals surface area contributed by atoms with E-state index in [0.29, 0.717) is 10.6 Å². The molecule has 90 valence electrons. The summed E-state index contributed by atoms with van der Waals surface area (Å²) in [5.74, 6) is -0.291. The third-order valence-electron chi connectivity index (χ3n) is 2.75. The SMILES string of the molecule is CNC(c1ccoc1)c1cc(C)c(F)cc1Cl. The number of hydrogen-bond acceptors (Lipinski definition) is 2. The second-order valence-corrected chi connectivity index (χ2v) is 4.31. The lowest BCUT2D eigenvalue weighted by Crippen LogP contribution is -2.17. The summed E-state index contributed by atoms with van der Waals surface area (Å²) in [6, 6.07) is 4.86. The molecule has 0 spiro atoms. The Balaban J connectivity index is 2.48. The lowest BCUT2D eigenvalue weighted by atomic mass is 9.99.